The van der Waals surface area contributed by atoms with E-state index in [2.05, 4.69) is 9.47 Å². The molecule has 0 aliphatic heterocycles. The van der Waals surface area contributed by atoms with Gasteiger partial charge < -0.3 is 14.6 Å². The number of carbonyl (C=O) groups excluding carboxylic acids is 3. The van der Waals surface area contributed by atoms with Crippen LogP contribution in [0.15, 0.2) is 0 Å². The number of hydrogen-bond acceptors (Lipinski definition) is 6. The maximum atomic E-state index is 11.1. The largest absolute Gasteiger partial charge is 0.481 e. The molecule has 6 aliphatic rings. The Bertz CT molecular complexity index is 557. The van der Waals surface area contributed by atoms with Gasteiger partial charge in [-0.3, -0.25) is 19.2 Å². The first kappa shape index (κ1) is 17.2. The summed E-state index contributed by atoms with van der Waals surface area (Å²) < 4.78 is 9.21. The number of ether oxygens (including phenoxy) is 2. The molecule has 0 heterocycles. The van der Waals surface area contributed by atoms with E-state index in [0.29, 0.717) is 38.5 Å². The highest BCUT2D eigenvalue weighted by atomic mass is 35.5. The van der Waals surface area contributed by atoms with Crippen molar-refractivity contribution in [3.63, 3.8) is 0 Å². The van der Waals surface area contributed by atoms with Gasteiger partial charge in [-0.25, -0.2) is 0 Å². The fourth-order valence-electron chi connectivity index (χ4n) is 4.88. The molecule has 7 nitrogen and oxygen atoms in total. The van der Waals surface area contributed by atoms with Crippen molar-refractivity contribution in [3.05, 3.63) is 0 Å². The molecule has 0 atom stereocenters. The minimum Gasteiger partial charge on any atom is -0.481 e. The molecule has 0 radical (unpaired) electrons. The molecule has 24 heavy (non-hydrogen) atoms. The first-order valence-corrected chi connectivity index (χ1v) is 8.07. The summed E-state index contributed by atoms with van der Waals surface area (Å²) in [6.45, 7) is 0. The first-order valence-electron chi connectivity index (χ1n) is 7.70. The highest BCUT2D eigenvalue weighted by molar-refractivity contribution is 6.65. The van der Waals surface area contributed by atoms with Crippen LogP contribution in [0.4, 0.5) is 0 Å². The van der Waals surface area contributed by atoms with Gasteiger partial charge in [0.25, 0.3) is 0 Å². The molecule has 6 saturated carbocycles. The molecule has 0 aromatic rings. The quantitative estimate of drug-likeness (QED) is 0.599. The fraction of sp³-hybridized carbons (Fsp3) is 0.750. The van der Waals surface area contributed by atoms with Crippen LogP contribution in [-0.2, 0) is 28.7 Å². The molecule has 0 saturated heterocycles. The van der Waals surface area contributed by atoms with Crippen LogP contribution < -0.4 is 0 Å². The zero-order chi connectivity index (χ0) is 18.0. The predicted molar refractivity (Wildman–Crippen MR) is 80.0 cm³/mol. The molecular formula is C16H19ClO7. The van der Waals surface area contributed by atoms with Crippen molar-refractivity contribution >= 4 is 34.8 Å². The summed E-state index contributed by atoms with van der Waals surface area (Å²) in [6.07, 6.45) is 3.20. The van der Waals surface area contributed by atoms with Crippen LogP contribution in [0.5, 0.6) is 0 Å². The van der Waals surface area contributed by atoms with Gasteiger partial charge in [0.2, 0.25) is 5.24 Å². The Morgan fingerprint density at radius 1 is 0.750 bits per heavy atom. The number of esters is 2. The van der Waals surface area contributed by atoms with Crippen LogP contribution in [0.2, 0.25) is 0 Å². The molecule has 6 fully saturated rings. The maximum absolute atomic E-state index is 11.1. The topological polar surface area (TPSA) is 107 Å². The van der Waals surface area contributed by atoms with Crippen molar-refractivity contribution in [2.75, 3.05) is 14.2 Å². The lowest BCUT2D eigenvalue weighted by molar-refractivity contribution is -0.232. The Morgan fingerprint density at radius 2 is 1.08 bits per heavy atom. The average Bonchev–Trinajstić information content (AvgIpc) is 2.31. The minimum atomic E-state index is -0.770. The highest BCUT2D eigenvalue weighted by Gasteiger charge is 2.76. The van der Waals surface area contributed by atoms with E-state index >= 15 is 0 Å². The molecule has 0 unspecified atom stereocenters. The van der Waals surface area contributed by atoms with Gasteiger partial charge in [-0.1, -0.05) is 0 Å². The van der Waals surface area contributed by atoms with E-state index in [9.17, 15) is 19.2 Å². The van der Waals surface area contributed by atoms with Gasteiger partial charge in [0.05, 0.1) is 30.5 Å². The number of carbonyl (C=O) groups is 4. The van der Waals surface area contributed by atoms with Crippen LogP contribution >= 0.6 is 11.6 Å². The lowest BCUT2D eigenvalue weighted by atomic mass is 9.35. The summed E-state index contributed by atoms with van der Waals surface area (Å²) in [5.74, 6) is -1.21. The summed E-state index contributed by atoms with van der Waals surface area (Å²) >= 11 is 5.38. The second kappa shape index (κ2) is 4.94. The fourth-order valence-corrected chi connectivity index (χ4v) is 5.08. The lowest BCUT2D eigenvalue weighted by Crippen LogP contribution is -2.68. The number of aliphatic carboxylic acids is 1. The number of methoxy groups -OCH3 is 2. The van der Waals surface area contributed by atoms with Crippen molar-refractivity contribution in [2.45, 2.75) is 38.5 Å². The molecule has 1 N–H and O–H groups in total. The summed E-state index contributed by atoms with van der Waals surface area (Å²) in [4.78, 5) is 43.7. The van der Waals surface area contributed by atoms with Crippen LogP contribution in [0.3, 0.4) is 0 Å². The third-order valence-electron chi connectivity index (χ3n) is 6.17. The Hall–Kier alpha value is -1.63. The molecule has 0 aromatic heterocycles. The normalized spacial score (nSPS) is 42.5. The van der Waals surface area contributed by atoms with E-state index < -0.39 is 16.8 Å². The van der Waals surface area contributed by atoms with Gasteiger partial charge in [-0.05, 0) is 50.1 Å². The molecule has 4 bridgehead atoms. The standard InChI is InChI=1S/C8H9ClO3.C8H10O4/c2*1-12-6(11)8-2-7(3-8,4-8)5(9)10/h2-4H2,1H3;2-4H2,1H3,(H,9,10). The Balaban J connectivity index is 0.000000141. The number of hydrogen-bond donors (Lipinski definition) is 1. The van der Waals surface area contributed by atoms with E-state index in [1.165, 1.54) is 14.2 Å². The second-order valence-electron chi connectivity index (χ2n) is 7.74. The second-order valence-corrected chi connectivity index (χ2v) is 8.09. The van der Waals surface area contributed by atoms with Crippen molar-refractivity contribution < 1.29 is 33.8 Å². The van der Waals surface area contributed by atoms with E-state index in [1.54, 1.807) is 0 Å². The lowest BCUT2D eigenvalue weighted by Gasteiger charge is -2.66. The third kappa shape index (κ3) is 1.96. The van der Waals surface area contributed by atoms with E-state index in [4.69, 9.17) is 16.7 Å². The SMILES string of the molecule is COC(=O)C12CC(C(=O)Cl)(C1)C2.COC(=O)C12CC(C(=O)O)(C1)C2. The molecule has 0 amide bonds. The van der Waals surface area contributed by atoms with Gasteiger partial charge in [-0.15, -0.1) is 0 Å². The smallest absolute Gasteiger partial charge is 0.311 e. The van der Waals surface area contributed by atoms with E-state index in [-0.39, 0.29) is 28.0 Å². The number of carboxylic acid groups (broad SMARTS) is 1. The monoisotopic (exact) mass is 358 g/mol. The van der Waals surface area contributed by atoms with Gasteiger partial charge in [-0.2, -0.15) is 0 Å². The summed E-state index contributed by atoms with van der Waals surface area (Å²) in [7, 11) is 2.72. The van der Waals surface area contributed by atoms with Crippen molar-refractivity contribution in [1.82, 2.24) is 0 Å². The Kier molecular flexibility index (Phi) is 3.54. The van der Waals surface area contributed by atoms with Crippen LogP contribution in [0.1, 0.15) is 38.5 Å². The van der Waals surface area contributed by atoms with Crippen molar-refractivity contribution in [1.29, 1.82) is 0 Å². The molecule has 6 rings (SSSR count). The number of rotatable bonds is 4. The highest BCUT2D eigenvalue weighted by Crippen LogP contribution is 2.74. The summed E-state index contributed by atoms with van der Waals surface area (Å²) in [5.41, 5.74) is -1.71. The van der Waals surface area contributed by atoms with Gasteiger partial charge in [0.15, 0.2) is 0 Å². The van der Waals surface area contributed by atoms with E-state index in [0.717, 1.165) is 0 Å². The molecule has 0 spiro atoms. The number of carboxylic acids is 1. The third-order valence-corrected chi connectivity index (χ3v) is 6.57. The molecule has 132 valence electrons. The summed E-state index contributed by atoms with van der Waals surface area (Å²) in [6, 6.07) is 0. The molecular weight excluding hydrogens is 340 g/mol. The molecule has 8 heteroatoms. The van der Waals surface area contributed by atoms with E-state index in [1.807, 2.05) is 0 Å². The minimum absolute atomic E-state index is 0.192. The Morgan fingerprint density at radius 3 is 1.33 bits per heavy atom. The van der Waals surface area contributed by atoms with Gasteiger partial charge >= 0.3 is 17.9 Å². The first-order chi connectivity index (χ1) is 11.1. The average molecular weight is 359 g/mol. The van der Waals surface area contributed by atoms with Crippen molar-refractivity contribution in [3.8, 4) is 0 Å². The zero-order valence-corrected chi connectivity index (χ0v) is 14.3. The number of halogens is 1. The van der Waals surface area contributed by atoms with Crippen LogP contribution in [0, 0.1) is 21.7 Å². The van der Waals surface area contributed by atoms with Gasteiger partial charge in [0, 0.05) is 5.41 Å². The van der Waals surface area contributed by atoms with Gasteiger partial charge in [0.1, 0.15) is 0 Å². The molecule has 6 aliphatic carbocycles. The van der Waals surface area contributed by atoms with Crippen LogP contribution in [0.25, 0.3) is 0 Å². The maximum Gasteiger partial charge on any atom is 0.311 e. The predicted octanol–water partition coefficient (Wildman–Crippen LogP) is 1.51. The Labute approximate surface area is 143 Å². The summed E-state index contributed by atoms with van der Waals surface area (Å²) in [5, 5.41) is 8.45. The van der Waals surface area contributed by atoms with Crippen LogP contribution in [-0.4, -0.2) is 42.5 Å². The van der Waals surface area contributed by atoms with Crippen molar-refractivity contribution in [2.24, 2.45) is 21.7 Å². The molecule has 0 aromatic carbocycles. The zero-order valence-electron chi connectivity index (χ0n) is 13.5.